The van der Waals surface area contributed by atoms with Crippen molar-refractivity contribution in [2.24, 2.45) is 0 Å². The minimum atomic E-state index is -0.296. The second-order valence-corrected chi connectivity index (χ2v) is 5.87. The second-order valence-electron chi connectivity index (χ2n) is 5.87. The van der Waals surface area contributed by atoms with Crippen LogP contribution in [0.3, 0.4) is 0 Å². The summed E-state index contributed by atoms with van der Waals surface area (Å²) >= 11 is 0. The number of nitrogens with zero attached hydrogens (tertiary/aromatic N) is 2. The van der Waals surface area contributed by atoms with Crippen molar-refractivity contribution in [3.63, 3.8) is 0 Å². The SMILES string of the molecule is CCCCCCCOc1cccc(-c2cc(C(=O)NC)nc(N)n2)c1. The fraction of sp³-hybridized carbons (Fsp3) is 0.421. The number of carbonyl (C=O) groups excluding carboxylic acids is 1. The van der Waals surface area contributed by atoms with Crippen LogP contribution in [-0.4, -0.2) is 29.5 Å². The molecule has 0 unspecified atom stereocenters. The smallest absolute Gasteiger partial charge is 0.269 e. The Morgan fingerprint density at radius 1 is 1.16 bits per heavy atom. The highest BCUT2D eigenvalue weighted by Crippen LogP contribution is 2.23. The number of rotatable bonds is 9. The molecule has 134 valence electrons. The van der Waals surface area contributed by atoms with Gasteiger partial charge in [0, 0.05) is 12.6 Å². The molecular weight excluding hydrogens is 316 g/mol. The lowest BCUT2D eigenvalue weighted by molar-refractivity contribution is 0.0958. The molecule has 3 N–H and O–H groups in total. The van der Waals surface area contributed by atoms with E-state index >= 15 is 0 Å². The molecule has 2 aromatic rings. The van der Waals surface area contributed by atoms with E-state index in [4.69, 9.17) is 10.5 Å². The first kappa shape index (κ1) is 18.7. The molecule has 6 nitrogen and oxygen atoms in total. The van der Waals surface area contributed by atoms with Gasteiger partial charge in [0.25, 0.3) is 5.91 Å². The monoisotopic (exact) mass is 342 g/mol. The van der Waals surface area contributed by atoms with Crippen molar-refractivity contribution < 1.29 is 9.53 Å². The maximum absolute atomic E-state index is 11.8. The van der Waals surface area contributed by atoms with Gasteiger partial charge in [-0.25, -0.2) is 9.97 Å². The molecule has 2 rings (SSSR count). The van der Waals surface area contributed by atoms with Crippen molar-refractivity contribution in [2.75, 3.05) is 19.4 Å². The van der Waals surface area contributed by atoms with Crippen LogP contribution in [0, 0.1) is 0 Å². The number of ether oxygens (including phenoxy) is 1. The second kappa shape index (κ2) is 9.61. The summed E-state index contributed by atoms with van der Waals surface area (Å²) in [7, 11) is 1.55. The van der Waals surface area contributed by atoms with E-state index in [1.807, 2.05) is 24.3 Å². The molecule has 0 bridgehead atoms. The Morgan fingerprint density at radius 2 is 1.96 bits per heavy atom. The van der Waals surface area contributed by atoms with E-state index in [9.17, 15) is 4.79 Å². The molecule has 0 fully saturated rings. The van der Waals surface area contributed by atoms with Gasteiger partial charge in [0.1, 0.15) is 11.4 Å². The highest BCUT2D eigenvalue weighted by Gasteiger charge is 2.11. The number of hydrogen-bond donors (Lipinski definition) is 2. The van der Waals surface area contributed by atoms with E-state index in [0.717, 1.165) is 17.7 Å². The predicted octanol–water partition coefficient (Wildman–Crippen LogP) is 3.43. The number of aromatic nitrogens is 2. The van der Waals surface area contributed by atoms with Crippen molar-refractivity contribution in [1.82, 2.24) is 15.3 Å². The number of carbonyl (C=O) groups is 1. The zero-order valence-electron chi connectivity index (χ0n) is 14.9. The molecule has 0 aliphatic carbocycles. The topological polar surface area (TPSA) is 90.1 Å². The minimum Gasteiger partial charge on any atom is -0.494 e. The van der Waals surface area contributed by atoms with Crippen LogP contribution in [0.25, 0.3) is 11.3 Å². The summed E-state index contributed by atoms with van der Waals surface area (Å²) in [6.45, 7) is 2.90. The number of hydrogen-bond acceptors (Lipinski definition) is 5. The zero-order valence-corrected chi connectivity index (χ0v) is 14.9. The molecule has 0 aliphatic heterocycles. The molecular formula is C19H26N4O2. The van der Waals surface area contributed by atoms with Gasteiger partial charge < -0.3 is 15.8 Å². The van der Waals surface area contributed by atoms with E-state index in [0.29, 0.717) is 12.3 Å². The third-order valence-electron chi connectivity index (χ3n) is 3.85. The van der Waals surface area contributed by atoms with Crippen LogP contribution in [0.2, 0.25) is 0 Å². The zero-order chi connectivity index (χ0) is 18.1. The van der Waals surface area contributed by atoms with Crippen LogP contribution in [0.15, 0.2) is 30.3 Å². The lowest BCUT2D eigenvalue weighted by Gasteiger charge is -2.09. The number of benzene rings is 1. The Balaban J connectivity index is 2.05. The first-order valence-electron chi connectivity index (χ1n) is 8.74. The number of anilines is 1. The summed E-state index contributed by atoms with van der Waals surface area (Å²) in [5.74, 6) is 0.555. The number of unbranched alkanes of at least 4 members (excludes halogenated alkanes) is 4. The molecule has 25 heavy (non-hydrogen) atoms. The highest BCUT2D eigenvalue weighted by atomic mass is 16.5. The first-order valence-corrected chi connectivity index (χ1v) is 8.74. The van der Waals surface area contributed by atoms with Crippen molar-refractivity contribution in [1.29, 1.82) is 0 Å². The first-order chi connectivity index (χ1) is 12.1. The molecule has 0 spiro atoms. The normalized spacial score (nSPS) is 10.5. The van der Waals surface area contributed by atoms with Gasteiger partial charge in [0.2, 0.25) is 5.95 Å². The largest absolute Gasteiger partial charge is 0.494 e. The van der Waals surface area contributed by atoms with Gasteiger partial charge in [-0.05, 0) is 24.6 Å². The van der Waals surface area contributed by atoms with Crippen molar-refractivity contribution in [2.45, 2.75) is 39.0 Å². The summed E-state index contributed by atoms with van der Waals surface area (Å²) in [6, 6.07) is 9.25. The maximum Gasteiger partial charge on any atom is 0.269 e. The minimum absolute atomic E-state index is 0.0679. The molecule has 0 saturated heterocycles. The van der Waals surface area contributed by atoms with E-state index in [2.05, 4.69) is 22.2 Å². The molecule has 1 heterocycles. The van der Waals surface area contributed by atoms with E-state index < -0.39 is 0 Å². The van der Waals surface area contributed by atoms with Crippen molar-refractivity contribution in [3.05, 3.63) is 36.0 Å². The van der Waals surface area contributed by atoms with Gasteiger partial charge in [-0.3, -0.25) is 4.79 Å². The van der Waals surface area contributed by atoms with Crippen LogP contribution < -0.4 is 15.8 Å². The standard InChI is InChI=1S/C19H26N4O2/c1-3-4-5-6-7-11-25-15-10-8-9-14(12-15)16-13-17(18(24)21-2)23-19(20)22-16/h8-10,12-13H,3-7,11H2,1-2H3,(H,21,24)(H2,20,22,23). The van der Waals surface area contributed by atoms with Crippen LogP contribution in [-0.2, 0) is 0 Å². The van der Waals surface area contributed by atoms with Crippen LogP contribution in [0.5, 0.6) is 5.75 Å². The third kappa shape index (κ3) is 5.74. The molecule has 1 aromatic heterocycles. The number of nitrogens with one attached hydrogen (secondary N) is 1. The summed E-state index contributed by atoms with van der Waals surface area (Å²) in [6.07, 6.45) is 6.00. The van der Waals surface area contributed by atoms with Crippen LogP contribution in [0.4, 0.5) is 5.95 Å². The van der Waals surface area contributed by atoms with Gasteiger partial charge in [-0.1, -0.05) is 44.7 Å². The Labute approximate surface area is 148 Å². The fourth-order valence-electron chi connectivity index (χ4n) is 2.50. The highest BCUT2D eigenvalue weighted by molar-refractivity contribution is 5.93. The summed E-state index contributed by atoms with van der Waals surface area (Å²) < 4.78 is 5.82. The predicted molar refractivity (Wildman–Crippen MR) is 99.5 cm³/mol. The lowest BCUT2D eigenvalue weighted by Crippen LogP contribution is -2.20. The maximum atomic E-state index is 11.8. The molecule has 0 atom stereocenters. The number of amides is 1. The van der Waals surface area contributed by atoms with Gasteiger partial charge in [0.15, 0.2) is 0 Å². The number of nitrogen functional groups attached to an aromatic ring is 1. The molecule has 1 aromatic carbocycles. The Hall–Kier alpha value is -2.63. The average Bonchev–Trinajstić information content (AvgIpc) is 2.63. The average molecular weight is 342 g/mol. The van der Waals surface area contributed by atoms with Gasteiger partial charge in [-0.2, -0.15) is 0 Å². The van der Waals surface area contributed by atoms with Crippen LogP contribution in [0.1, 0.15) is 49.5 Å². The quantitative estimate of drug-likeness (QED) is 0.681. The van der Waals surface area contributed by atoms with Gasteiger partial charge in [0.05, 0.1) is 12.3 Å². The van der Waals surface area contributed by atoms with Crippen molar-refractivity contribution >= 4 is 11.9 Å². The van der Waals surface area contributed by atoms with E-state index in [1.54, 1.807) is 13.1 Å². The Kier molecular flexibility index (Phi) is 7.19. The Bertz CT molecular complexity index is 704. The van der Waals surface area contributed by atoms with Gasteiger partial charge in [-0.15, -0.1) is 0 Å². The Morgan fingerprint density at radius 3 is 2.72 bits per heavy atom. The van der Waals surface area contributed by atoms with Crippen molar-refractivity contribution in [3.8, 4) is 17.0 Å². The van der Waals surface area contributed by atoms with Gasteiger partial charge >= 0.3 is 0 Å². The van der Waals surface area contributed by atoms with Crippen LogP contribution >= 0.6 is 0 Å². The number of nitrogens with two attached hydrogens (primary N) is 1. The molecule has 0 aliphatic rings. The summed E-state index contributed by atoms with van der Waals surface area (Å²) in [5.41, 5.74) is 7.41. The molecule has 0 radical (unpaired) electrons. The fourth-order valence-corrected chi connectivity index (χ4v) is 2.50. The summed E-state index contributed by atoms with van der Waals surface area (Å²) in [5, 5.41) is 2.54. The molecule has 1 amide bonds. The van der Waals surface area contributed by atoms with E-state index in [-0.39, 0.29) is 17.5 Å². The third-order valence-corrected chi connectivity index (χ3v) is 3.85. The molecule has 0 saturated carbocycles. The summed E-state index contributed by atoms with van der Waals surface area (Å²) in [4.78, 5) is 20.0. The lowest BCUT2D eigenvalue weighted by atomic mass is 10.1. The van der Waals surface area contributed by atoms with E-state index in [1.165, 1.54) is 25.7 Å². The molecule has 6 heteroatoms.